The second-order valence-corrected chi connectivity index (χ2v) is 4.12. The van der Waals surface area contributed by atoms with Gasteiger partial charge in [-0.2, -0.15) is 0 Å². The van der Waals surface area contributed by atoms with Crippen molar-refractivity contribution in [2.45, 2.75) is 12.8 Å². The summed E-state index contributed by atoms with van der Waals surface area (Å²) in [6, 6.07) is 10.9. The summed E-state index contributed by atoms with van der Waals surface area (Å²) in [7, 11) is 0. The number of benzene rings is 2. The molecular weight excluding hydrogens is 234 g/mol. The molecule has 2 rings (SSSR count). The lowest BCUT2D eigenvalue weighted by Gasteiger charge is -2.06. The fourth-order valence-corrected chi connectivity index (χ4v) is 1.89. The Morgan fingerprint density at radius 3 is 2.06 bits per heavy atom. The van der Waals surface area contributed by atoms with E-state index < -0.39 is 11.6 Å². The molecule has 94 valence electrons. The van der Waals surface area contributed by atoms with Gasteiger partial charge in [0.15, 0.2) is 0 Å². The Hall–Kier alpha value is -1.74. The van der Waals surface area contributed by atoms with Crippen molar-refractivity contribution in [2.75, 3.05) is 6.61 Å². The lowest BCUT2D eigenvalue weighted by molar-refractivity contribution is 0.288. The first-order chi connectivity index (χ1) is 8.72. The fourth-order valence-electron chi connectivity index (χ4n) is 1.89. The van der Waals surface area contributed by atoms with E-state index in [9.17, 15) is 8.78 Å². The predicted molar refractivity (Wildman–Crippen MR) is 67.2 cm³/mol. The third-order valence-corrected chi connectivity index (χ3v) is 2.83. The average molecular weight is 248 g/mol. The molecule has 2 aromatic rings. The Balaban J connectivity index is 2.29. The van der Waals surface area contributed by atoms with Gasteiger partial charge in [0.1, 0.15) is 11.6 Å². The van der Waals surface area contributed by atoms with Crippen LogP contribution in [0.25, 0.3) is 11.1 Å². The summed E-state index contributed by atoms with van der Waals surface area (Å²) in [6.07, 6.45) is 1.45. The van der Waals surface area contributed by atoms with Gasteiger partial charge in [-0.3, -0.25) is 0 Å². The van der Waals surface area contributed by atoms with Crippen molar-refractivity contribution in [3.05, 3.63) is 59.7 Å². The number of aliphatic hydroxyl groups excluding tert-OH is 1. The zero-order valence-corrected chi connectivity index (χ0v) is 9.87. The van der Waals surface area contributed by atoms with Gasteiger partial charge in [0.25, 0.3) is 0 Å². The van der Waals surface area contributed by atoms with Crippen molar-refractivity contribution in [1.29, 1.82) is 0 Å². The zero-order valence-electron chi connectivity index (χ0n) is 9.87. The van der Waals surface area contributed by atoms with Gasteiger partial charge < -0.3 is 5.11 Å². The minimum Gasteiger partial charge on any atom is -0.396 e. The fraction of sp³-hybridized carbons (Fsp3) is 0.200. The summed E-state index contributed by atoms with van der Waals surface area (Å²) < 4.78 is 27.1. The minimum atomic E-state index is -0.557. The average Bonchev–Trinajstić information content (AvgIpc) is 2.37. The van der Waals surface area contributed by atoms with Crippen LogP contribution in [-0.2, 0) is 6.42 Å². The lowest BCUT2D eigenvalue weighted by Crippen LogP contribution is -1.92. The molecule has 0 aliphatic rings. The number of aliphatic hydroxyl groups is 1. The van der Waals surface area contributed by atoms with Crippen LogP contribution >= 0.6 is 0 Å². The molecule has 2 aromatic carbocycles. The summed E-state index contributed by atoms with van der Waals surface area (Å²) in [5, 5.41) is 8.73. The third-order valence-electron chi connectivity index (χ3n) is 2.83. The topological polar surface area (TPSA) is 20.2 Å². The molecule has 0 bridgehead atoms. The monoisotopic (exact) mass is 248 g/mol. The van der Waals surface area contributed by atoms with E-state index in [1.807, 2.05) is 12.1 Å². The van der Waals surface area contributed by atoms with Crippen LogP contribution in [0.15, 0.2) is 42.5 Å². The molecule has 1 nitrogen and oxygen atoms in total. The first kappa shape index (κ1) is 12.7. The maximum Gasteiger partial charge on any atom is 0.133 e. The van der Waals surface area contributed by atoms with Gasteiger partial charge in [-0.15, -0.1) is 0 Å². The Morgan fingerprint density at radius 2 is 1.50 bits per heavy atom. The van der Waals surface area contributed by atoms with Gasteiger partial charge in [-0.05, 0) is 36.1 Å². The molecule has 0 radical (unpaired) electrons. The summed E-state index contributed by atoms with van der Waals surface area (Å²) in [5.41, 5.74) is 1.58. The van der Waals surface area contributed by atoms with Crippen LogP contribution in [0.3, 0.4) is 0 Å². The highest BCUT2D eigenvalue weighted by molar-refractivity contribution is 5.65. The Labute approximate surface area is 105 Å². The highest BCUT2D eigenvalue weighted by Gasteiger charge is 2.10. The standard InChI is InChI=1S/C15H14F2O/c16-13-4-1-5-14(17)15(13)12-8-6-11(7-9-12)3-2-10-18/h1,4-9,18H,2-3,10H2. The second kappa shape index (κ2) is 5.74. The highest BCUT2D eigenvalue weighted by atomic mass is 19.1. The molecule has 0 heterocycles. The highest BCUT2D eigenvalue weighted by Crippen LogP contribution is 2.26. The molecule has 0 fully saturated rings. The zero-order chi connectivity index (χ0) is 13.0. The molecule has 3 heteroatoms. The largest absolute Gasteiger partial charge is 0.396 e. The molecule has 1 N–H and O–H groups in total. The number of rotatable bonds is 4. The SMILES string of the molecule is OCCCc1ccc(-c2c(F)cccc2F)cc1. The maximum absolute atomic E-state index is 13.6. The van der Waals surface area contributed by atoms with Crippen molar-refractivity contribution in [3.63, 3.8) is 0 Å². The summed E-state index contributed by atoms with van der Waals surface area (Å²) in [5.74, 6) is -1.11. The van der Waals surface area contributed by atoms with Crippen LogP contribution in [0, 0.1) is 11.6 Å². The third kappa shape index (κ3) is 2.74. The van der Waals surface area contributed by atoms with E-state index in [1.54, 1.807) is 12.1 Å². The van der Waals surface area contributed by atoms with Crippen LogP contribution in [0.5, 0.6) is 0 Å². The van der Waals surface area contributed by atoms with Gasteiger partial charge >= 0.3 is 0 Å². The quantitative estimate of drug-likeness (QED) is 0.877. The number of aryl methyl sites for hydroxylation is 1. The molecule has 0 spiro atoms. The number of hydrogen-bond acceptors (Lipinski definition) is 1. The van der Waals surface area contributed by atoms with Crippen LogP contribution in [0.2, 0.25) is 0 Å². The van der Waals surface area contributed by atoms with Gasteiger partial charge in [-0.1, -0.05) is 30.3 Å². The molecule has 0 aromatic heterocycles. The first-order valence-corrected chi connectivity index (χ1v) is 5.86. The van der Waals surface area contributed by atoms with Crippen molar-refractivity contribution in [2.24, 2.45) is 0 Å². The maximum atomic E-state index is 13.6. The van der Waals surface area contributed by atoms with Gasteiger partial charge in [0, 0.05) is 6.61 Å². The Morgan fingerprint density at radius 1 is 0.889 bits per heavy atom. The molecule has 0 amide bonds. The van der Waals surface area contributed by atoms with Crippen molar-refractivity contribution < 1.29 is 13.9 Å². The number of hydrogen-bond donors (Lipinski definition) is 1. The van der Waals surface area contributed by atoms with Crippen LogP contribution < -0.4 is 0 Å². The lowest BCUT2D eigenvalue weighted by atomic mass is 10.0. The molecule has 0 aliphatic carbocycles. The molecule has 0 unspecified atom stereocenters. The molecular formula is C15H14F2O. The van der Waals surface area contributed by atoms with E-state index >= 15 is 0 Å². The Bertz CT molecular complexity index is 500. The molecule has 0 saturated heterocycles. The van der Waals surface area contributed by atoms with E-state index in [0.717, 1.165) is 12.0 Å². The molecule has 0 saturated carbocycles. The van der Waals surface area contributed by atoms with Gasteiger partial charge in [0.05, 0.1) is 5.56 Å². The summed E-state index contributed by atoms with van der Waals surface area (Å²) in [6.45, 7) is 0.143. The smallest absolute Gasteiger partial charge is 0.133 e. The van der Waals surface area contributed by atoms with Crippen molar-refractivity contribution in [3.8, 4) is 11.1 Å². The van der Waals surface area contributed by atoms with E-state index in [2.05, 4.69) is 0 Å². The van der Waals surface area contributed by atoms with Crippen LogP contribution in [-0.4, -0.2) is 11.7 Å². The number of halogens is 2. The van der Waals surface area contributed by atoms with Crippen molar-refractivity contribution in [1.82, 2.24) is 0 Å². The summed E-state index contributed by atoms with van der Waals surface area (Å²) in [4.78, 5) is 0. The summed E-state index contributed by atoms with van der Waals surface area (Å²) >= 11 is 0. The normalized spacial score (nSPS) is 10.6. The van der Waals surface area contributed by atoms with E-state index in [-0.39, 0.29) is 12.2 Å². The van der Waals surface area contributed by atoms with Crippen LogP contribution in [0.4, 0.5) is 8.78 Å². The minimum absolute atomic E-state index is 0.00575. The van der Waals surface area contributed by atoms with Gasteiger partial charge in [-0.25, -0.2) is 8.78 Å². The predicted octanol–water partition coefficient (Wildman–Crippen LogP) is 3.56. The molecule has 0 aliphatic heterocycles. The second-order valence-electron chi connectivity index (χ2n) is 4.12. The first-order valence-electron chi connectivity index (χ1n) is 5.86. The Kier molecular flexibility index (Phi) is 4.05. The van der Waals surface area contributed by atoms with E-state index in [1.165, 1.54) is 18.2 Å². The molecule has 18 heavy (non-hydrogen) atoms. The van der Waals surface area contributed by atoms with E-state index in [4.69, 9.17) is 5.11 Å². The van der Waals surface area contributed by atoms with Gasteiger partial charge in [0.2, 0.25) is 0 Å². The van der Waals surface area contributed by atoms with Crippen LogP contribution in [0.1, 0.15) is 12.0 Å². The molecule has 0 atom stereocenters. The van der Waals surface area contributed by atoms with E-state index in [0.29, 0.717) is 12.0 Å². The van der Waals surface area contributed by atoms with Crippen molar-refractivity contribution >= 4 is 0 Å².